The van der Waals surface area contributed by atoms with E-state index in [4.69, 9.17) is 0 Å². The number of hydrogen-bond donors (Lipinski definition) is 1. The minimum Gasteiger partial charge on any atom is -0.309 e. The normalized spacial score (nSPS) is 14.7. The Hall–Kier alpha value is -1.68. The summed E-state index contributed by atoms with van der Waals surface area (Å²) < 4.78 is 2.21. The molecule has 2 aromatic rings. The van der Waals surface area contributed by atoms with E-state index in [1.807, 2.05) is 0 Å². The zero-order valence-electron chi connectivity index (χ0n) is 10.2. The summed E-state index contributed by atoms with van der Waals surface area (Å²) >= 11 is 0. The van der Waals surface area contributed by atoms with Gasteiger partial charge in [0, 0.05) is 18.7 Å². The molecule has 0 bridgehead atoms. The van der Waals surface area contributed by atoms with Crippen molar-refractivity contribution in [3.8, 4) is 11.4 Å². The summed E-state index contributed by atoms with van der Waals surface area (Å²) in [5.41, 5.74) is 3.77. The smallest absolute Gasteiger partial charge is 0.164 e. The Labute approximate surface area is 101 Å². The number of nitrogens with zero attached hydrogens (tertiary/aromatic N) is 3. The molecule has 0 saturated carbocycles. The molecule has 0 saturated heterocycles. The summed E-state index contributed by atoms with van der Waals surface area (Å²) in [5, 5.41) is 11.9. The van der Waals surface area contributed by atoms with Gasteiger partial charge in [0.2, 0.25) is 0 Å². The van der Waals surface area contributed by atoms with E-state index in [9.17, 15) is 0 Å². The molecule has 1 aliphatic rings. The highest BCUT2D eigenvalue weighted by Gasteiger charge is 2.16. The number of hydrogen-bond acceptors (Lipinski definition) is 3. The lowest BCUT2D eigenvalue weighted by atomic mass is 10.1. The molecule has 3 rings (SSSR count). The van der Waals surface area contributed by atoms with Crippen LogP contribution in [0.1, 0.15) is 17.0 Å². The van der Waals surface area contributed by atoms with Crippen LogP contribution in [0.3, 0.4) is 0 Å². The molecule has 2 heterocycles. The third-order valence-corrected chi connectivity index (χ3v) is 3.39. The van der Waals surface area contributed by atoms with Crippen LogP contribution >= 0.6 is 0 Å². The molecule has 1 aliphatic heterocycles. The van der Waals surface area contributed by atoms with Crippen LogP contribution in [0, 0.1) is 13.8 Å². The van der Waals surface area contributed by atoms with Crippen molar-refractivity contribution in [2.75, 3.05) is 6.54 Å². The Balaban J connectivity index is 2.09. The first-order valence-electron chi connectivity index (χ1n) is 5.96. The number of fused-ring (bicyclic) bond motifs is 1. The van der Waals surface area contributed by atoms with E-state index >= 15 is 0 Å². The van der Waals surface area contributed by atoms with Gasteiger partial charge in [0.1, 0.15) is 5.82 Å². The predicted molar refractivity (Wildman–Crippen MR) is 66.6 cm³/mol. The van der Waals surface area contributed by atoms with E-state index in [2.05, 4.69) is 52.1 Å². The molecular formula is C13H16N4. The first-order valence-corrected chi connectivity index (χ1v) is 5.96. The van der Waals surface area contributed by atoms with Gasteiger partial charge in [-0.15, -0.1) is 10.2 Å². The van der Waals surface area contributed by atoms with Crippen LogP contribution in [0.5, 0.6) is 0 Å². The fourth-order valence-electron chi connectivity index (χ4n) is 2.19. The molecule has 4 heteroatoms. The van der Waals surface area contributed by atoms with Gasteiger partial charge in [-0.05, 0) is 31.0 Å². The minimum absolute atomic E-state index is 0.817. The molecular weight excluding hydrogens is 212 g/mol. The summed E-state index contributed by atoms with van der Waals surface area (Å²) in [6.45, 7) is 7.02. The molecule has 0 fully saturated rings. The first kappa shape index (κ1) is 10.5. The molecule has 0 atom stereocenters. The van der Waals surface area contributed by atoms with Crippen LogP contribution in [0.4, 0.5) is 0 Å². The molecule has 0 unspecified atom stereocenters. The van der Waals surface area contributed by atoms with Crippen LogP contribution in [-0.4, -0.2) is 21.3 Å². The molecule has 1 N–H and O–H groups in total. The van der Waals surface area contributed by atoms with Crippen molar-refractivity contribution in [2.45, 2.75) is 26.9 Å². The molecule has 1 aromatic heterocycles. The summed E-state index contributed by atoms with van der Waals surface area (Å²) in [7, 11) is 0. The summed E-state index contributed by atoms with van der Waals surface area (Å²) in [6.07, 6.45) is 0. The SMILES string of the molecule is Cc1ccc(-c2nnc3n2CCNC3)cc1C. The van der Waals surface area contributed by atoms with Crippen molar-refractivity contribution >= 4 is 0 Å². The zero-order chi connectivity index (χ0) is 11.8. The third-order valence-electron chi connectivity index (χ3n) is 3.39. The third kappa shape index (κ3) is 1.74. The minimum atomic E-state index is 0.817. The van der Waals surface area contributed by atoms with Gasteiger partial charge in [-0.1, -0.05) is 12.1 Å². The molecule has 0 spiro atoms. The maximum atomic E-state index is 4.31. The summed E-state index contributed by atoms with van der Waals surface area (Å²) in [6, 6.07) is 6.46. The fourth-order valence-corrected chi connectivity index (χ4v) is 2.19. The highest BCUT2D eigenvalue weighted by molar-refractivity contribution is 5.57. The van der Waals surface area contributed by atoms with Gasteiger partial charge in [0.25, 0.3) is 0 Å². The van der Waals surface area contributed by atoms with E-state index in [1.54, 1.807) is 0 Å². The topological polar surface area (TPSA) is 42.7 Å². The van der Waals surface area contributed by atoms with Gasteiger partial charge in [0.15, 0.2) is 5.82 Å². The van der Waals surface area contributed by atoms with Crippen LogP contribution in [0.2, 0.25) is 0 Å². The van der Waals surface area contributed by atoms with Gasteiger partial charge < -0.3 is 9.88 Å². The average Bonchev–Trinajstić information content (AvgIpc) is 2.76. The van der Waals surface area contributed by atoms with E-state index in [-0.39, 0.29) is 0 Å². The van der Waals surface area contributed by atoms with Crippen molar-refractivity contribution in [2.24, 2.45) is 0 Å². The zero-order valence-corrected chi connectivity index (χ0v) is 10.2. The van der Waals surface area contributed by atoms with Gasteiger partial charge in [0.05, 0.1) is 6.54 Å². The standard InChI is InChI=1S/C13H16N4/c1-9-3-4-11(7-10(9)2)13-16-15-12-8-14-5-6-17(12)13/h3-4,7,14H,5-6,8H2,1-2H3. The highest BCUT2D eigenvalue weighted by Crippen LogP contribution is 2.22. The van der Waals surface area contributed by atoms with Crippen molar-refractivity contribution < 1.29 is 0 Å². The van der Waals surface area contributed by atoms with Crippen molar-refractivity contribution in [3.63, 3.8) is 0 Å². The number of aromatic nitrogens is 3. The van der Waals surface area contributed by atoms with Crippen LogP contribution in [0.15, 0.2) is 18.2 Å². The monoisotopic (exact) mass is 228 g/mol. The van der Waals surface area contributed by atoms with Gasteiger partial charge >= 0.3 is 0 Å². The lowest BCUT2D eigenvalue weighted by Gasteiger charge is -2.16. The predicted octanol–water partition coefficient (Wildman–Crippen LogP) is 1.67. The Morgan fingerprint density at radius 1 is 1.18 bits per heavy atom. The molecule has 0 radical (unpaired) electrons. The summed E-state index contributed by atoms with van der Waals surface area (Å²) in [4.78, 5) is 0. The second-order valence-corrected chi connectivity index (χ2v) is 4.57. The van der Waals surface area contributed by atoms with Crippen molar-refractivity contribution in [1.29, 1.82) is 0 Å². The Morgan fingerprint density at radius 3 is 2.88 bits per heavy atom. The molecule has 0 aliphatic carbocycles. The molecule has 1 aromatic carbocycles. The molecule has 4 nitrogen and oxygen atoms in total. The highest BCUT2D eigenvalue weighted by atomic mass is 15.3. The first-order chi connectivity index (χ1) is 8.25. The second-order valence-electron chi connectivity index (χ2n) is 4.57. The second kappa shape index (κ2) is 3.96. The van der Waals surface area contributed by atoms with E-state index in [0.29, 0.717) is 0 Å². The van der Waals surface area contributed by atoms with Crippen LogP contribution in [-0.2, 0) is 13.1 Å². The van der Waals surface area contributed by atoms with E-state index < -0.39 is 0 Å². The van der Waals surface area contributed by atoms with E-state index in [1.165, 1.54) is 11.1 Å². The Kier molecular flexibility index (Phi) is 2.44. The quantitative estimate of drug-likeness (QED) is 0.807. The van der Waals surface area contributed by atoms with Gasteiger partial charge in [-0.3, -0.25) is 0 Å². The lowest BCUT2D eigenvalue weighted by Crippen LogP contribution is -2.28. The Bertz CT molecular complexity index is 557. The van der Waals surface area contributed by atoms with Crippen molar-refractivity contribution in [3.05, 3.63) is 35.2 Å². The van der Waals surface area contributed by atoms with Crippen LogP contribution < -0.4 is 5.32 Å². The van der Waals surface area contributed by atoms with Gasteiger partial charge in [-0.25, -0.2) is 0 Å². The lowest BCUT2D eigenvalue weighted by molar-refractivity contribution is 0.508. The maximum absolute atomic E-state index is 4.31. The maximum Gasteiger partial charge on any atom is 0.164 e. The Morgan fingerprint density at radius 2 is 2.06 bits per heavy atom. The molecule has 17 heavy (non-hydrogen) atoms. The summed E-state index contributed by atoms with van der Waals surface area (Å²) in [5.74, 6) is 2.02. The largest absolute Gasteiger partial charge is 0.309 e. The molecule has 0 amide bonds. The fraction of sp³-hybridized carbons (Fsp3) is 0.385. The molecule has 88 valence electrons. The number of benzene rings is 1. The van der Waals surface area contributed by atoms with Gasteiger partial charge in [-0.2, -0.15) is 0 Å². The van der Waals surface area contributed by atoms with Crippen molar-refractivity contribution in [1.82, 2.24) is 20.1 Å². The number of rotatable bonds is 1. The van der Waals surface area contributed by atoms with E-state index in [0.717, 1.165) is 36.8 Å². The van der Waals surface area contributed by atoms with Crippen LogP contribution in [0.25, 0.3) is 11.4 Å². The number of aryl methyl sites for hydroxylation is 2. The number of nitrogens with one attached hydrogen (secondary N) is 1. The average molecular weight is 228 g/mol.